The Bertz CT molecular complexity index is 768. The molecule has 0 aliphatic carbocycles. The Morgan fingerprint density at radius 1 is 1.17 bits per heavy atom. The maximum atomic E-state index is 6.22. The van der Waals surface area contributed by atoms with Crippen LogP contribution in [0.15, 0.2) is 16.5 Å². The van der Waals surface area contributed by atoms with E-state index < -0.39 is 0 Å². The minimum absolute atomic E-state index is 0.297. The molecule has 0 amide bonds. The Balaban J connectivity index is 1.85. The molecular formula is C14H15Cl3N4OS. The van der Waals surface area contributed by atoms with Crippen molar-refractivity contribution in [1.29, 1.82) is 0 Å². The molecule has 9 heteroatoms. The van der Waals surface area contributed by atoms with E-state index in [2.05, 4.69) is 21.9 Å². The molecule has 0 unspecified atom stereocenters. The number of likely N-dealkylation sites (N-methyl/N-ethyl adjacent to an activating group) is 1. The quantitative estimate of drug-likeness (QED) is 0.581. The van der Waals surface area contributed by atoms with Gasteiger partial charge in [0.15, 0.2) is 0 Å². The number of piperazine rings is 1. The lowest BCUT2D eigenvalue weighted by molar-refractivity contribution is 0.118. The highest BCUT2D eigenvalue weighted by atomic mass is 35.5. The molecule has 1 fully saturated rings. The first kappa shape index (κ1) is 17.2. The summed E-state index contributed by atoms with van der Waals surface area (Å²) in [6.07, 6.45) is 0. The van der Waals surface area contributed by atoms with Gasteiger partial charge in [-0.3, -0.25) is 4.90 Å². The Kier molecular flexibility index (Phi) is 5.30. The minimum Gasteiger partial charge on any atom is -0.409 e. The molecule has 2 aromatic rings. The average molecular weight is 394 g/mol. The summed E-state index contributed by atoms with van der Waals surface area (Å²) < 4.78 is 7.24. The molecule has 23 heavy (non-hydrogen) atoms. The Hall–Kier alpha value is -0.630. The second-order valence-electron chi connectivity index (χ2n) is 5.48. The van der Waals surface area contributed by atoms with Gasteiger partial charge in [-0.1, -0.05) is 34.8 Å². The topological polar surface area (TPSA) is 37.4 Å². The van der Waals surface area contributed by atoms with Crippen LogP contribution in [0.4, 0.5) is 0 Å². The average Bonchev–Trinajstić information content (AvgIpc) is 2.86. The van der Waals surface area contributed by atoms with Crippen molar-refractivity contribution < 1.29 is 4.42 Å². The standard InChI is InChI=1S/C14H15Cl3N4OS/c1-19-2-4-20(5-3-19)8-21-14(23)22-13(18-21)10-6-9(15)7-11(16)12(10)17/h6-7H,2-5,8H2,1H3. The zero-order valence-electron chi connectivity index (χ0n) is 12.4. The second-order valence-corrected chi connectivity index (χ2v) is 7.06. The highest BCUT2D eigenvalue weighted by Crippen LogP contribution is 2.35. The zero-order chi connectivity index (χ0) is 16.6. The van der Waals surface area contributed by atoms with Crippen molar-refractivity contribution in [2.45, 2.75) is 6.67 Å². The van der Waals surface area contributed by atoms with Gasteiger partial charge in [-0.15, -0.1) is 5.10 Å². The molecular weight excluding hydrogens is 379 g/mol. The first-order valence-electron chi connectivity index (χ1n) is 7.08. The van der Waals surface area contributed by atoms with E-state index in [1.165, 1.54) is 0 Å². The summed E-state index contributed by atoms with van der Waals surface area (Å²) in [6.45, 7) is 4.55. The van der Waals surface area contributed by atoms with Crippen molar-refractivity contribution in [2.24, 2.45) is 0 Å². The molecule has 2 heterocycles. The van der Waals surface area contributed by atoms with Crippen LogP contribution < -0.4 is 0 Å². The highest BCUT2D eigenvalue weighted by Gasteiger charge is 2.18. The van der Waals surface area contributed by atoms with E-state index in [0.29, 0.717) is 38.0 Å². The summed E-state index contributed by atoms with van der Waals surface area (Å²) in [4.78, 5) is 4.86. The maximum absolute atomic E-state index is 6.22. The molecule has 1 aliphatic rings. The summed E-state index contributed by atoms with van der Waals surface area (Å²) in [6, 6.07) is 3.24. The summed E-state index contributed by atoms with van der Waals surface area (Å²) in [7, 11) is 2.11. The summed E-state index contributed by atoms with van der Waals surface area (Å²) in [5, 5.41) is 5.58. The lowest BCUT2D eigenvalue weighted by atomic mass is 10.2. The van der Waals surface area contributed by atoms with Crippen LogP contribution in [0.5, 0.6) is 0 Å². The third-order valence-corrected chi connectivity index (χ3v) is 5.07. The maximum Gasteiger partial charge on any atom is 0.288 e. The number of aromatic nitrogens is 2. The predicted molar refractivity (Wildman–Crippen MR) is 94.9 cm³/mol. The molecule has 1 saturated heterocycles. The second kappa shape index (κ2) is 7.09. The van der Waals surface area contributed by atoms with E-state index in [9.17, 15) is 0 Å². The zero-order valence-corrected chi connectivity index (χ0v) is 15.5. The summed E-state index contributed by atoms with van der Waals surface area (Å²) in [5.41, 5.74) is 0.535. The van der Waals surface area contributed by atoms with Crippen molar-refractivity contribution in [2.75, 3.05) is 33.2 Å². The molecule has 0 bridgehead atoms. The van der Waals surface area contributed by atoms with Crippen LogP contribution in [0.25, 0.3) is 11.5 Å². The molecule has 0 saturated carbocycles. The number of hydrogen-bond donors (Lipinski definition) is 0. The van der Waals surface area contributed by atoms with E-state index in [1.807, 2.05) is 0 Å². The number of hydrogen-bond acceptors (Lipinski definition) is 5. The van der Waals surface area contributed by atoms with E-state index in [1.54, 1.807) is 16.8 Å². The molecule has 1 aromatic carbocycles. The highest BCUT2D eigenvalue weighted by molar-refractivity contribution is 7.71. The molecule has 124 valence electrons. The summed E-state index contributed by atoms with van der Waals surface area (Å²) in [5.74, 6) is 0.318. The van der Waals surface area contributed by atoms with Crippen molar-refractivity contribution in [1.82, 2.24) is 19.6 Å². The molecule has 0 spiro atoms. The third kappa shape index (κ3) is 3.90. The van der Waals surface area contributed by atoms with Gasteiger partial charge in [0.25, 0.3) is 4.84 Å². The van der Waals surface area contributed by atoms with Crippen LogP contribution in [0.3, 0.4) is 0 Å². The van der Waals surface area contributed by atoms with Crippen LogP contribution >= 0.6 is 47.0 Å². The third-order valence-electron chi connectivity index (χ3n) is 3.76. The molecule has 1 aliphatic heterocycles. The van der Waals surface area contributed by atoms with Gasteiger partial charge in [-0.05, 0) is 31.4 Å². The van der Waals surface area contributed by atoms with Crippen molar-refractivity contribution in [3.63, 3.8) is 0 Å². The largest absolute Gasteiger partial charge is 0.409 e. The van der Waals surface area contributed by atoms with Crippen LogP contribution in [0.1, 0.15) is 0 Å². The number of nitrogens with zero attached hydrogens (tertiary/aromatic N) is 4. The normalized spacial score (nSPS) is 16.9. The van der Waals surface area contributed by atoms with Crippen LogP contribution in [0, 0.1) is 4.84 Å². The van der Waals surface area contributed by atoms with E-state index in [-0.39, 0.29) is 0 Å². The van der Waals surface area contributed by atoms with Gasteiger partial charge in [-0.25, -0.2) is 4.68 Å². The number of halogens is 3. The smallest absolute Gasteiger partial charge is 0.288 e. The van der Waals surface area contributed by atoms with Crippen LogP contribution in [-0.4, -0.2) is 52.8 Å². The van der Waals surface area contributed by atoms with E-state index in [0.717, 1.165) is 26.2 Å². The lowest BCUT2D eigenvalue weighted by Crippen LogP contribution is -2.45. The Morgan fingerprint density at radius 2 is 1.87 bits per heavy atom. The number of benzene rings is 1. The van der Waals surface area contributed by atoms with Gasteiger partial charge >= 0.3 is 0 Å². The van der Waals surface area contributed by atoms with Gasteiger partial charge in [0.1, 0.15) is 0 Å². The van der Waals surface area contributed by atoms with Gasteiger partial charge in [0, 0.05) is 31.2 Å². The van der Waals surface area contributed by atoms with Gasteiger partial charge < -0.3 is 9.32 Å². The van der Waals surface area contributed by atoms with Crippen molar-refractivity contribution in [3.05, 3.63) is 32.0 Å². The fourth-order valence-electron chi connectivity index (χ4n) is 2.39. The molecule has 5 nitrogen and oxygen atoms in total. The lowest BCUT2D eigenvalue weighted by Gasteiger charge is -2.31. The Morgan fingerprint density at radius 3 is 2.57 bits per heavy atom. The van der Waals surface area contributed by atoms with Crippen molar-refractivity contribution in [3.8, 4) is 11.5 Å². The van der Waals surface area contributed by atoms with E-state index >= 15 is 0 Å². The van der Waals surface area contributed by atoms with E-state index in [4.69, 9.17) is 51.4 Å². The van der Waals surface area contributed by atoms with Crippen molar-refractivity contribution >= 4 is 47.0 Å². The first-order valence-corrected chi connectivity index (χ1v) is 8.62. The molecule has 1 aromatic heterocycles. The van der Waals surface area contributed by atoms with Crippen LogP contribution in [-0.2, 0) is 6.67 Å². The van der Waals surface area contributed by atoms with Crippen LogP contribution in [0.2, 0.25) is 15.1 Å². The fourth-order valence-corrected chi connectivity index (χ4v) is 3.26. The molecule has 0 atom stereocenters. The summed E-state index contributed by atoms with van der Waals surface area (Å²) >= 11 is 23.6. The molecule has 3 rings (SSSR count). The minimum atomic E-state index is 0.297. The fraction of sp³-hybridized carbons (Fsp3) is 0.429. The molecule has 0 N–H and O–H groups in total. The SMILES string of the molecule is CN1CCN(Cn2nc(-c3cc(Cl)cc(Cl)c3Cl)oc2=S)CC1. The van der Waals surface area contributed by atoms with Gasteiger partial charge in [-0.2, -0.15) is 0 Å². The molecule has 0 radical (unpaired) electrons. The Labute approximate surface area is 154 Å². The first-order chi connectivity index (χ1) is 10.9. The van der Waals surface area contributed by atoms with Gasteiger partial charge in [0.05, 0.1) is 22.3 Å². The monoisotopic (exact) mass is 392 g/mol. The number of rotatable bonds is 3. The van der Waals surface area contributed by atoms with Gasteiger partial charge in [0.2, 0.25) is 5.89 Å². The predicted octanol–water partition coefficient (Wildman–Crippen LogP) is 4.04.